The van der Waals surface area contributed by atoms with Gasteiger partial charge in [-0.1, -0.05) is 25.0 Å². The van der Waals surface area contributed by atoms with Crippen molar-refractivity contribution in [2.75, 3.05) is 14.2 Å². The summed E-state index contributed by atoms with van der Waals surface area (Å²) in [5, 5.41) is 16.3. The van der Waals surface area contributed by atoms with Gasteiger partial charge in [0.1, 0.15) is 11.5 Å². The summed E-state index contributed by atoms with van der Waals surface area (Å²) in [5.74, 6) is -0.227. The van der Waals surface area contributed by atoms with Crippen LogP contribution in [0.25, 0.3) is 11.3 Å². The van der Waals surface area contributed by atoms with Crippen molar-refractivity contribution in [1.82, 2.24) is 15.1 Å². The molecule has 0 bridgehead atoms. The predicted octanol–water partition coefficient (Wildman–Crippen LogP) is 3.44. The number of nitrogens with zero attached hydrogens (tertiary/aromatic N) is 2. The van der Waals surface area contributed by atoms with Crippen LogP contribution in [0.1, 0.15) is 48.6 Å². The molecule has 0 saturated heterocycles. The number of aromatic nitrogens is 2. The minimum Gasteiger partial charge on any atom is -0.496 e. The molecule has 1 aromatic carbocycles. The molecule has 2 N–H and O–H groups in total. The van der Waals surface area contributed by atoms with Gasteiger partial charge >= 0.3 is 5.97 Å². The third-order valence-corrected chi connectivity index (χ3v) is 5.32. The van der Waals surface area contributed by atoms with Crippen molar-refractivity contribution in [3.05, 3.63) is 42.6 Å². The SMILES string of the molecule is C=CC(CC(=O)O)NC(=O)c1cc(-c2c(OC)cccc2OC)n(C2CCCC2)n1. The highest BCUT2D eigenvalue weighted by Gasteiger charge is 2.27. The number of nitrogens with one attached hydrogen (secondary N) is 1. The van der Waals surface area contributed by atoms with Gasteiger partial charge < -0.3 is 19.9 Å². The van der Waals surface area contributed by atoms with Crippen molar-refractivity contribution in [3.8, 4) is 22.8 Å². The average Bonchev–Trinajstić information content (AvgIpc) is 3.41. The van der Waals surface area contributed by atoms with Crippen LogP contribution in [-0.4, -0.2) is 47.0 Å². The molecule has 3 rings (SSSR count). The number of carbonyl (C=O) groups excluding carboxylic acids is 1. The zero-order chi connectivity index (χ0) is 21.7. The molecule has 30 heavy (non-hydrogen) atoms. The Kier molecular flexibility index (Phi) is 6.76. The van der Waals surface area contributed by atoms with Crippen LogP contribution in [0, 0.1) is 0 Å². The van der Waals surface area contributed by atoms with E-state index in [2.05, 4.69) is 17.0 Å². The summed E-state index contributed by atoms with van der Waals surface area (Å²) in [6.45, 7) is 3.60. The molecule has 1 unspecified atom stereocenters. The fourth-order valence-electron chi connectivity index (χ4n) is 3.85. The normalized spacial score (nSPS) is 14.9. The smallest absolute Gasteiger partial charge is 0.305 e. The Morgan fingerprint density at radius 3 is 2.47 bits per heavy atom. The molecular formula is C22H27N3O5. The minimum atomic E-state index is -1.02. The third kappa shape index (κ3) is 4.48. The molecule has 1 amide bonds. The topological polar surface area (TPSA) is 103 Å². The summed E-state index contributed by atoms with van der Waals surface area (Å²) in [6.07, 6.45) is 5.32. The Labute approximate surface area is 175 Å². The van der Waals surface area contributed by atoms with Crippen LogP contribution in [0.15, 0.2) is 36.9 Å². The summed E-state index contributed by atoms with van der Waals surface area (Å²) in [4.78, 5) is 23.8. The van der Waals surface area contributed by atoms with Gasteiger partial charge in [0, 0.05) is 0 Å². The molecule has 1 aromatic heterocycles. The minimum absolute atomic E-state index is 0.172. The molecule has 8 nitrogen and oxygen atoms in total. The first kappa shape index (κ1) is 21.4. The number of hydrogen-bond acceptors (Lipinski definition) is 5. The van der Waals surface area contributed by atoms with Gasteiger partial charge in [-0.25, -0.2) is 0 Å². The Balaban J connectivity index is 2.04. The molecule has 1 heterocycles. The summed E-state index contributed by atoms with van der Waals surface area (Å²) >= 11 is 0. The number of aliphatic carboxylic acids is 1. The van der Waals surface area contributed by atoms with Gasteiger partial charge in [-0.2, -0.15) is 5.10 Å². The molecule has 8 heteroatoms. The van der Waals surface area contributed by atoms with E-state index >= 15 is 0 Å². The first-order valence-corrected chi connectivity index (χ1v) is 9.94. The van der Waals surface area contributed by atoms with Crippen molar-refractivity contribution < 1.29 is 24.2 Å². The van der Waals surface area contributed by atoms with Crippen LogP contribution in [0.5, 0.6) is 11.5 Å². The number of carboxylic acids is 1. The van der Waals surface area contributed by atoms with Crippen LogP contribution in [0.2, 0.25) is 0 Å². The largest absolute Gasteiger partial charge is 0.496 e. The predicted molar refractivity (Wildman–Crippen MR) is 112 cm³/mol. The number of hydrogen-bond donors (Lipinski definition) is 2. The lowest BCUT2D eigenvalue weighted by Crippen LogP contribution is -2.35. The third-order valence-electron chi connectivity index (χ3n) is 5.32. The monoisotopic (exact) mass is 413 g/mol. The molecule has 0 radical (unpaired) electrons. The summed E-state index contributed by atoms with van der Waals surface area (Å²) in [6, 6.07) is 6.70. The van der Waals surface area contributed by atoms with Gasteiger partial charge in [0.2, 0.25) is 0 Å². The fraction of sp³-hybridized carbons (Fsp3) is 0.409. The van der Waals surface area contributed by atoms with Crippen molar-refractivity contribution in [1.29, 1.82) is 0 Å². The van der Waals surface area contributed by atoms with Gasteiger partial charge in [-0.3, -0.25) is 14.3 Å². The Morgan fingerprint density at radius 2 is 1.93 bits per heavy atom. The molecule has 1 saturated carbocycles. The lowest BCUT2D eigenvalue weighted by molar-refractivity contribution is -0.137. The molecule has 2 aromatic rings. The first-order chi connectivity index (χ1) is 14.5. The maximum absolute atomic E-state index is 12.8. The van der Waals surface area contributed by atoms with Crippen LogP contribution in [0.4, 0.5) is 0 Å². The molecule has 1 fully saturated rings. The first-order valence-electron chi connectivity index (χ1n) is 9.94. The summed E-state index contributed by atoms with van der Waals surface area (Å²) in [5.41, 5.74) is 1.67. The highest BCUT2D eigenvalue weighted by Crippen LogP contribution is 2.41. The Morgan fingerprint density at radius 1 is 1.30 bits per heavy atom. The van der Waals surface area contributed by atoms with Crippen LogP contribution < -0.4 is 14.8 Å². The zero-order valence-corrected chi connectivity index (χ0v) is 17.3. The van der Waals surface area contributed by atoms with Crippen molar-refractivity contribution >= 4 is 11.9 Å². The highest BCUT2D eigenvalue weighted by atomic mass is 16.5. The van der Waals surface area contributed by atoms with E-state index in [4.69, 9.17) is 14.6 Å². The second-order valence-electron chi connectivity index (χ2n) is 7.25. The molecule has 160 valence electrons. The number of benzene rings is 1. The lowest BCUT2D eigenvalue weighted by Gasteiger charge is -2.18. The van der Waals surface area contributed by atoms with Crippen molar-refractivity contribution in [2.24, 2.45) is 0 Å². The molecule has 1 aliphatic carbocycles. The second kappa shape index (κ2) is 9.47. The fourth-order valence-corrected chi connectivity index (χ4v) is 3.85. The van der Waals surface area contributed by atoms with Gasteiger partial charge in [-0.15, -0.1) is 6.58 Å². The van der Waals surface area contributed by atoms with Gasteiger partial charge in [0.05, 0.1) is 44.0 Å². The Hall–Kier alpha value is -3.29. The molecule has 0 spiro atoms. The van der Waals surface area contributed by atoms with E-state index in [-0.39, 0.29) is 18.2 Å². The van der Waals surface area contributed by atoms with Gasteiger partial charge in [-0.05, 0) is 31.0 Å². The van der Waals surface area contributed by atoms with Gasteiger partial charge in [0.25, 0.3) is 5.91 Å². The van der Waals surface area contributed by atoms with E-state index in [1.165, 1.54) is 6.08 Å². The quantitative estimate of drug-likeness (QED) is 0.611. The van der Waals surface area contributed by atoms with Crippen LogP contribution >= 0.6 is 0 Å². The maximum Gasteiger partial charge on any atom is 0.305 e. The van der Waals surface area contributed by atoms with Crippen molar-refractivity contribution in [3.63, 3.8) is 0 Å². The van der Waals surface area contributed by atoms with Gasteiger partial charge in [0.15, 0.2) is 5.69 Å². The van der Waals surface area contributed by atoms with Crippen LogP contribution in [0.3, 0.4) is 0 Å². The number of amides is 1. The summed E-state index contributed by atoms with van der Waals surface area (Å²) in [7, 11) is 3.17. The van der Waals surface area contributed by atoms with E-state index in [1.54, 1.807) is 20.3 Å². The van der Waals surface area contributed by atoms with E-state index in [0.29, 0.717) is 11.5 Å². The number of carbonyl (C=O) groups is 2. The Bertz CT molecular complexity index is 909. The van der Waals surface area contributed by atoms with Crippen molar-refractivity contribution in [2.45, 2.75) is 44.2 Å². The molecule has 1 aliphatic rings. The number of rotatable bonds is 9. The summed E-state index contributed by atoms with van der Waals surface area (Å²) < 4.78 is 13.0. The maximum atomic E-state index is 12.8. The number of methoxy groups -OCH3 is 2. The molecule has 1 atom stereocenters. The van der Waals surface area contributed by atoms with E-state index in [9.17, 15) is 9.59 Å². The molecular weight excluding hydrogens is 386 g/mol. The zero-order valence-electron chi connectivity index (χ0n) is 17.3. The van der Waals surface area contributed by atoms with E-state index in [0.717, 1.165) is 36.9 Å². The van der Waals surface area contributed by atoms with E-state index in [1.807, 2.05) is 22.9 Å². The lowest BCUT2D eigenvalue weighted by atomic mass is 10.1. The standard InChI is InChI=1S/C22H27N3O5/c1-4-14(12-20(26)27)23-22(28)16-13-17(25(24-16)15-8-5-6-9-15)21-18(29-2)10-7-11-19(21)30-3/h4,7,10-11,13-15H,1,5-6,8-9,12H2,2-3H3,(H,23,28)(H,26,27). The highest BCUT2D eigenvalue weighted by molar-refractivity contribution is 5.94. The average molecular weight is 413 g/mol. The van der Waals surface area contributed by atoms with E-state index < -0.39 is 17.9 Å². The number of carboxylic acid groups (broad SMARTS) is 1. The second-order valence-corrected chi connectivity index (χ2v) is 7.25. The molecule has 0 aliphatic heterocycles. The number of ether oxygens (including phenoxy) is 2. The van der Waals surface area contributed by atoms with Crippen LogP contribution in [-0.2, 0) is 4.79 Å².